The van der Waals surface area contributed by atoms with Gasteiger partial charge in [-0.05, 0) is 0 Å². The first-order valence-electron chi connectivity index (χ1n) is 7.88. The molecule has 0 aliphatic carbocycles. The first-order valence-corrected chi connectivity index (χ1v) is 8.70. The zero-order valence-electron chi connectivity index (χ0n) is 14.5. The van der Waals surface area contributed by atoms with Crippen molar-refractivity contribution in [2.75, 3.05) is 25.1 Å². The van der Waals surface area contributed by atoms with Crippen LogP contribution in [0.5, 0.6) is 0 Å². The Hall–Kier alpha value is -2.93. The predicted octanol–water partition coefficient (Wildman–Crippen LogP) is -0.854. The van der Waals surface area contributed by atoms with Crippen molar-refractivity contribution < 1.29 is 24.2 Å². The number of ether oxygens (including phenoxy) is 1. The van der Waals surface area contributed by atoms with E-state index in [2.05, 4.69) is 25.6 Å². The van der Waals surface area contributed by atoms with Gasteiger partial charge in [-0.3, -0.25) is 24.0 Å². The molecule has 13 heteroatoms. The van der Waals surface area contributed by atoms with Crippen LogP contribution in [0.4, 0.5) is 5.13 Å². The second-order valence-electron chi connectivity index (χ2n) is 5.37. The first kappa shape index (κ1) is 20.4. The van der Waals surface area contributed by atoms with Crippen molar-refractivity contribution in [3.63, 3.8) is 0 Å². The summed E-state index contributed by atoms with van der Waals surface area (Å²) in [5, 5.41) is 22.8. The molecule has 2 N–H and O–H groups in total. The number of hydrogen-bond acceptors (Lipinski definition) is 9. The third-order valence-electron chi connectivity index (χ3n) is 3.56. The number of amides is 2. The molecule has 0 bridgehead atoms. The topological polar surface area (TPSA) is 152 Å². The van der Waals surface area contributed by atoms with E-state index in [4.69, 9.17) is 14.6 Å². The van der Waals surface area contributed by atoms with Crippen LogP contribution in [0.15, 0.2) is 12.7 Å². The molecule has 0 saturated carbocycles. The Kier molecular flexibility index (Phi) is 7.76. The van der Waals surface area contributed by atoms with Crippen molar-refractivity contribution in [2.24, 2.45) is 5.92 Å². The number of hydrogen-bond donors (Lipinski definition) is 2. The summed E-state index contributed by atoms with van der Waals surface area (Å²) in [5.41, 5.74) is 0. The van der Waals surface area contributed by atoms with Crippen LogP contribution in [0.2, 0.25) is 0 Å². The Morgan fingerprint density at radius 1 is 1.52 bits per heavy atom. The maximum Gasteiger partial charge on any atom is 0.290 e. The van der Waals surface area contributed by atoms with Gasteiger partial charge in [-0.2, -0.15) is 5.10 Å². The fourth-order valence-corrected chi connectivity index (χ4v) is 3.23. The molecule has 3 rings (SSSR count). The minimum Gasteiger partial charge on any atom is -0.483 e. The number of anilines is 1. The van der Waals surface area contributed by atoms with Gasteiger partial charge in [-0.25, -0.2) is 4.98 Å². The zero-order valence-corrected chi connectivity index (χ0v) is 15.3. The molecule has 2 aromatic heterocycles. The molecular formula is C14H19N7O5S. The fraction of sp³-hybridized carbons (Fsp3) is 0.500. The molecular weight excluding hydrogens is 378 g/mol. The maximum absolute atomic E-state index is 12.2. The van der Waals surface area contributed by atoms with Gasteiger partial charge in [0.25, 0.3) is 6.47 Å². The molecule has 1 aliphatic heterocycles. The summed E-state index contributed by atoms with van der Waals surface area (Å²) < 4.78 is 6.62. The summed E-state index contributed by atoms with van der Waals surface area (Å²) in [6.07, 6.45) is 3.20. The van der Waals surface area contributed by atoms with Crippen LogP contribution < -0.4 is 10.2 Å². The number of rotatable bonds is 7. The van der Waals surface area contributed by atoms with Crippen LogP contribution in [-0.2, 0) is 32.3 Å². The second-order valence-corrected chi connectivity index (χ2v) is 6.41. The van der Waals surface area contributed by atoms with Gasteiger partial charge in [0.15, 0.2) is 0 Å². The van der Waals surface area contributed by atoms with Crippen LogP contribution in [0, 0.1) is 5.92 Å². The molecule has 146 valence electrons. The standard InChI is InChI=1S/C13H17N7O3S.CH2O2/c1-23-6-10-17-18-13(24-10)20-5-9(4-11(20)21)12(22)15-2-3-19-8-14-7-16-19;2-1-3/h7-9H,2-6H2,1H3,(H,15,22);1H,(H,2,3). The molecule has 3 heterocycles. The van der Waals surface area contributed by atoms with E-state index in [-0.39, 0.29) is 30.6 Å². The monoisotopic (exact) mass is 397 g/mol. The lowest BCUT2D eigenvalue weighted by molar-refractivity contribution is -0.126. The minimum atomic E-state index is -0.386. The number of nitrogens with one attached hydrogen (secondary N) is 1. The highest BCUT2D eigenvalue weighted by atomic mass is 32.1. The number of aromatic nitrogens is 5. The molecule has 0 radical (unpaired) electrons. The van der Waals surface area contributed by atoms with Gasteiger partial charge in [0, 0.05) is 26.6 Å². The molecule has 0 spiro atoms. The quantitative estimate of drug-likeness (QED) is 0.569. The van der Waals surface area contributed by atoms with Gasteiger partial charge < -0.3 is 15.2 Å². The summed E-state index contributed by atoms with van der Waals surface area (Å²) in [6, 6.07) is 0. The van der Waals surface area contributed by atoms with Crippen LogP contribution in [-0.4, -0.2) is 68.6 Å². The van der Waals surface area contributed by atoms with Gasteiger partial charge in [0.05, 0.1) is 12.5 Å². The zero-order chi connectivity index (χ0) is 19.6. The third kappa shape index (κ3) is 5.79. The van der Waals surface area contributed by atoms with Gasteiger partial charge in [0.2, 0.25) is 16.9 Å². The van der Waals surface area contributed by atoms with Crippen molar-refractivity contribution >= 4 is 34.8 Å². The lowest BCUT2D eigenvalue weighted by atomic mass is 10.1. The summed E-state index contributed by atoms with van der Waals surface area (Å²) in [5.74, 6) is -0.651. The van der Waals surface area contributed by atoms with E-state index in [9.17, 15) is 9.59 Å². The predicted molar refractivity (Wildman–Crippen MR) is 92.8 cm³/mol. The average molecular weight is 397 g/mol. The Labute approximate surface area is 158 Å². The Bertz CT molecular complexity index is 751. The van der Waals surface area contributed by atoms with E-state index in [0.29, 0.717) is 36.4 Å². The molecule has 1 unspecified atom stereocenters. The summed E-state index contributed by atoms with van der Waals surface area (Å²) in [7, 11) is 1.57. The lowest BCUT2D eigenvalue weighted by Gasteiger charge is -2.12. The summed E-state index contributed by atoms with van der Waals surface area (Å²) >= 11 is 1.30. The van der Waals surface area contributed by atoms with Crippen molar-refractivity contribution in [1.29, 1.82) is 0 Å². The van der Waals surface area contributed by atoms with E-state index in [0.717, 1.165) is 0 Å². The highest BCUT2D eigenvalue weighted by Crippen LogP contribution is 2.28. The van der Waals surface area contributed by atoms with Gasteiger partial charge >= 0.3 is 0 Å². The third-order valence-corrected chi connectivity index (χ3v) is 4.48. The first-order chi connectivity index (χ1) is 13.1. The second kappa shape index (κ2) is 10.3. The maximum atomic E-state index is 12.2. The highest BCUT2D eigenvalue weighted by molar-refractivity contribution is 7.15. The summed E-state index contributed by atoms with van der Waals surface area (Å²) in [6.45, 7) is 1.39. The highest BCUT2D eigenvalue weighted by Gasteiger charge is 2.36. The number of methoxy groups -OCH3 is 1. The van der Waals surface area contributed by atoms with Gasteiger partial charge in [-0.15, -0.1) is 10.2 Å². The molecule has 1 aliphatic rings. The van der Waals surface area contributed by atoms with Crippen LogP contribution in [0.1, 0.15) is 11.4 Å². The van der Waals surface area contributed by atoms with Crippen molar-refractivity contribution in [3.05, 3.63) is 17.7 Å². The van der Waals surface area contributed by atoms with Crippen molar-refractivity contribution in [2.45, 2.75) is 19.6 Å². The van der Waals surface area contributed by atoms with Gasteiger partial charge in [0.1, 0.15) is 24.3 Å². The summed E-state index contributed by atoms with van der Waals surface area (Å²) in [4.78, 5) is 38.1. The van der Waals surface area contributed by atoms with Crippen LogP contribution in [0.25, 0.3) is 0 Å². The SMILES string of the molecule is COCc1nnc(N2CC(C(=O)NCCn3cncn3)CC2=O)s1.O=CO. The molecule has 1 fully saturated rings. The van der Waals surface area contributed by atoms with E-state index < -0.39 is 0 Å². The van der Waals surface area contributed by atoms with Gasteiger partial charge in [-0.1, -0.05) is 11.3 Å². The number of nitrogens with zero attached hydrogens (tertiary/aromatic N) is 6. The molecule has 2 aromatic rings. The smallest absolute Gasteiger partial charge is 0.290 e. The van der Waals surface area contributed by atoms with Crippen LogP contribution >= 0.6 is 11.3 Å². The normalized spacial score (nSPS) is 16.0. The Morgan fingerprint density at radius 3 is 2.96 bits per heavy atom. The van der Waals surface area contributed by atoms with Crippen molar-refractivity contribution in [3.8, 4) is 0 Å². The molecule has 27 heavy (non-hydrogen) atoms. The van der Waals surface area contributed by atoms with E-state index in [1.807, 2.05) is 0 Å². The largest absolute Gasteiger partial charge is 0.483 e. The number of carboxylic acid groups (broad SMARTS) is 1. The minimum absolute atomic E-state index is 0.119. The molecule has 2 amide bonds. The Balaban J connectivity index is 0.000000817. The lowest BCUT2D eigenvalue weighted by Crippen LogP contribution is -2.34. The number of carbonyl (C=O) groups excluding carboxylic acids is 2. The molecule has 1 saturated heterocycles. The average Bonchev–Trinajstić information content (AvgIpc) is 3.37. The van der Waals surface area contributed by atoms with E-state index in [1.54, 1.807) is 18.1 Å². The Morgan fingerprint density at radius 2 is 2.30 bits per heavy atom. The molecule has 1 atom stereocenters. The molecule has 12 nitrogen and oxygen atoms in total. The fourth-order valence-electron chi connectivity index (χ4n) is 2.39. The molecule has 0 aromatic carbocycles. The number of carbonyl (C=O) groups is 3. The van der Waals surface area contributed by atoms with Crippen molar-refractivity contribution in [1.82, 2.24) is 30.3 Å². The van der Waals surface area contributed by atoms with E-state index in [1.165, 1.54) is 22.6 Å². The van der Waals surface area contributed by atoms with Crippen LogP contribution in [0.3, 0.4) is 0 Å². The van der Waals surface area contributed by atoms with E-state index >= 15 is 0 Å².